The molecule has 0 aliphatic carbocycles. The SMILES string of the molecule is Cc1ccc(F)c(NC(=O)c2cn3c(n2)NCCC3)c1. The van der Waals surface area contributed by atoms with Gasteiger partial charge in [-0.05, 0) is 31.0 Å². The maximum atomic E-state index is 13.6. The van der Waals surface area contributed by atoms with E-state index in [2.05, 4.69) is 15.6 Å². The molecule has 1 amide bonds. The first-order valence-corrected chi connectivity index (χ1v) is 6.52. The fourth-order valence-electron chi connectivity index (χ4n) is 2.21. The van der Waals surface area contributed by atoms with Crippen molar-refractivity contribution in [3.05, 3.63) is 41.5 Å². The summed E-state index contributed by atoms with van der Waals surface area (Å²) < 4.78 is 15.5. The van der Waals surface area contributed by atoms with Gasteiger partial charge in [-0.15, -0.1) is 0 Å². The van der Waals surface area contributed by atoms with Crippen molar-refractivity contribution in [2.75, 3.05) is 17.2 Å². The summed E-state index contributed by atoms with van der Waals surface area (Å²) >= 11 is 0. The van der Waals surface area contributed by atoms with Gasteiger partial charge in [-0.25, -0.2) is 9.37 Å². The molecule has 0 bridgehead atoms. The molecule has 0 fully saturated rings. The normalized spacial score (nSPS) is 13.5. The maximum absolute atomic E-state index is 13.6. The third kappa shape index (κ3) is 2.36. The standard InChI is InChI=1S/C14H15FN4O/c1-9-3-4-10(15)11(7-9)17-13(20)12-8-19-6-2-5-16-14(19)18-12/h3-4,7-8H,2,5-6H2,1H3,(H,16,18)(H,17,20). The summed E-state index contributed by atoms with van der Waals surface area (Å²) in [4.78, 5) is 16.3. The van der Waals surface area contributed by atoms with Gasteiger partial charge in [0.15, 0.2) is 0 Å². The Kier molecular flexibility index (Phi) is 3.14. The minimum Gasteiger partial charge on any atom is -0.356 e. The Labute approximate surface area is 115 Å². The van der Waals surface area contributed by atoms with Crippen LogP contribution in [-0.4, -0.2) is 22.0 Å². The van der Waals surface area contributed by atoms with Gasteiger partial charge in [-0.3, -0.25) is 4.79 Å². The zero-order valence-electron chi connectivity index (χ0n) is 11.1. The molecule has 104 valence electrons. The van der Waals surface area contributed by atoms with Crippen LogP contribution in [0.1, 0.15) is 22.5 Å². The summed E-state index contributed by atoms with van der Waals surface area (Å²) in [6.07, 6.45) is 2.68. The average Bonchev–Trinajstić information content (AvgIpc) is 2.87. The highest BCUT2D eigenvalue weighted by Gasteiger charge is 2.17. The van der Waals surface area contributed by atoms with Crippen molar-refractivity contribution in [1.82, 2.24) is 9.55 Å². The van der Waals surface area contributed by atoms with Crippen molar-refractivity contribution in [3.63, 3.8) is 0 Å². The fourth-order valence-corrected chi connectivity index (χ4v) is 2.21. The maximum Gasteiger partial charge on any atom is 0.276 e. The van der Waals surface area contributed by atoms with E-state index in [1.54, 1.807) is 18.3 Å². The van der Waals surface area contributed by atoms with E-state index >= 15 is 0 Å². The largest absolute Gasteiger partial charge is 0.356 e. The van der Waals surface area contributed by atoms with Gasteiger partial charge in [0.05, 0.1) is 5.69 Å². The summed E-state index contributed by atoms with van der Waals surface area (Å²) in [7, 11) is 0. The quantitative estimate of drug-likeness (QED) is 0.884. The van der Waals surface area contributed by atoms with E-state index in [-0.39, 0.29) is 11.4 Å². The molecule has 1 aliphatic rings. The fraction of sp³-hybridized carbons (Fsp3) is 0.286. The average molecular weight is 274 g/mol. The number of carbonyl (C=O) groups excluding carboxylic acids is 1. The van der Waals surface area contributed by atoms with Crippen LogP contribution in [0.15, 0.2) is 24.4 Å². The third-order valence-electron chi connectivity index (χ3n) is 3.24. The summed E-state index contributed by atoms with van der Waals surface area (Å²) in [6.45, 7) is 3.53. The lowest BCUT2D eigenvalue weighted by Gasteiger charge is -2.14. The van der Waals surface area contributed by atoms with Crippen LogP contribution < -0.4 is 10.6 Å². The number of nitrogens with one attached hydrogen (secondary N) is 2. The van der Waals surface area contributed by atoms with Crippen LogP contribution in [0.3, 0.4) is 0 Å². The minimum atomic E-state index is -0.453. The zero-order valence-corrected chi connectivity index (χ0v) is 11.1. The summed E-state index contributed by atoms with van der Waals surface area (Å²) in [6, 6.07) is 4.59. The Morgan fingerprint density at radius 1 is 1.50 bits per heavy atom. The minimum absolute atomic E-state index is 0.175. The Morgan fingerprint density at radius 3 is 3.15 bits per heavy atom. The molecule has 3 rings (SSSR count). The van der Waals surface area contributed by atoms with Crippen LogP contribution in [0.2, 0.25) is 0 Å². The Morgan fingerprint density at radius 2 is 2.35 bits per heavy atom. The molecule has 0 saturated heterocycles. The van der Waals surface area contributed by atoms with Crippen LogP contribution in [0.5, 0.6) is 0 Å². The molecular weight excluding hydrogens is 259 g/mol. The molecule has 2 N–H and O–H groups in total. The van der Waals surface area contributed by atoms with E-state index in [4.69, 9.17) is 0 Å². The first-order valence-electron chi connectivity index (χ1n) is 6.52. The zero-order chi connectivity index (χ0) is 14.1. The number of hydrogen-bond donors (Lipinski definition) is 2. The van der Waals surface area contributed by atoms with Crippen molar-refractivity contribution in [2.45, 2.75) is 19.9 Å². The number of anilines is 2. The summed E-state index contributed by atoms with van der Waals surface area (Å²) in [5.74, 6) is -0.171. The first kappa shape index (κ1) is 12.7. The van der Waals surface area contributed by atoms with Crippen molar-refractivity contribution in [3.8, 4) is 0 Å². The molecule has 20 heavy (non-hydrogen) atoms. The molecule has 1 aromatic carbocycles. The molecule has 5 nitrogen and oxygen atoms in total. The van der Waals surface area contributed by atoms with Gasteiger partial charge in [0, 0.05) is 19.3 Å². The van der Waals surface area contributed by atoms with Gasteiger partial charge < -0.3 is 15.2 Å². The predicted octanol–water partition coefficient (Wildman–Crippen LogP) is 2.40. The van der Waals surface area contributed by atoms with E-state index in [0.29, 0.717) is 5.95 Å². The highest BCUT2D eigenvalue weighted by molar-refractivity contribution is 6.03. The van der Waals surface area contributed by atoms with E-state index in [0.717, 1.165) is 25.1 Å². The number of imidazole rings is 1. The molecule has 1 aliphatic heterocycles. The third-order valence-corrected chi connectivity index (χ3v) is 3.24. The van der Waals surface area contributed by atoms with Gasteiger partial charge in [0.1, 0.15) is 11.5 Å². The molecular formula is C14H15FN4O. The van der Waals surface area contributed by atoms with E-state index < -0.39 is 11.7 Å². The van der Waals surface area contributed by atoms with Crippen LogP contribution in [0, 0.1) is 12.7 Å². The van der Waals surface area contributed by atoms with Gasteiger partial charge in [-0.1, -0.05) is 6.07 Å². The molecule has 0 spiro atoms. The number of carbonyl (C=O) groups is 1. The molecule has 0 atom stereocenters. The number of rotatable bonds is 2. The number of aromatic nitrogens is 2. The number of amides is 1. The second kappa shape index (κ2) is 4.96. The molecule has 2 heterocycles. The van der Waals surface area contributed by atoms with Gasteiger partial charge in [0.2, 0.25) is 5.95 Å². The number of aryl methyl sites for hydroxylation is 2. The first-order chi connectivity index (χ1) is 9.63. The second-order valence-electron chi connectivity index (χ2n) is 4.86. The predicted molar refractivity (Wildman–Crippen MR) is 74.4 cm³/mol. The number of hydrogen-bond acceptors (Lipinski definition) is 3. The smallest absolute Gasteiger partial charge is 0.276 e. The van der Waals surface area contributed by atoms with E-state index in [1.165, 1.54) is 6.07 Å². The van der Waals surface area contributed by atoms with Crippen LogP contribution in [0.25, 0.3) is 0 Å². The highest BCUT2D eigenvalue weighted by Crippen LogP contribution is 2.18. The van der Waals surface area contributed by atoms with E-state index in [1.807, 2.05) is 11.5 Å². The lowest BCUT2D eigenvalue weighted by atomic mass is 10.2. The molecule has 6 heteroatoms. The molecule has 0 saturated carbocycles. The number of benzene rings is 1. The summed E-state index contributed by atoms with van der Waals surface area (Å²) in [5, 5.41) is 5.68. The van der Waals surface area contributed by atoms with Crippen LogP contribution in [0.4, 0.5) is 16.0 Å². The summed E-state index contributed by atoms with van der Waals surface area (Å²) in [5.41, 5.74) is 1.34. The van der Waals surface area contributed by atoms with Crippen molar-refractivity contribution in [2.24, 2.45) is 0 Å². The Balaban J connectivity index is 1.82. The Bertz CT molecular complexity index is 642. The lowest BCUT2D eigenvalue weighted by molar-refractivity contribution is 0.102. The Hall–Kier alpha value is -2.37. The van der Waals surface area contributed by atoms with Crippen LogP contribution in [-0.2, 0) is 6.54 Å². The van der Waals surface area contributed by atoms with Gasteiger partial charge in [-0.2, -0.15) is 0 Å². The lowest BCUT2D eigenvalue weighted by Crippen LogP contribution is -2.16. The number of halogens is 1. The number of fused-ring (bicyclic) bond motifs is 1. The second-order valence-corrected chi connectivity index (χ2v) is 4.86. The van der Waals surface area contributed by atoms with Crippen molar-refractivity contribution >= 4 is 17.5 Å². The van der Waals surface area contributed by atoms with Crippen molar-refractivity contribution < 1.29 is 9.18 Å². The van der Waals surface area contributed by atoms with E-state index in [9.17, 15) is 9.18 Å². The van der Waals surface area contributed by atoms with Crippen molar-refractivity contribution in [1.29, 1.82) is 0 Å². The highest BCUT2D eigenvalue weighted by atomic mass is 19.1. The molecule has 0 unspecified atom stereocenters. The van der Waals surface area contributed by atoms with Gasteiger partial charge >= 0.3 is 0 Å². The van der Waals surface area contributed by atoms with Gasteiger partial charge in [0.25, 0.3) is 5.91 Å². The topological polar surface area (TPSA) is 59.0 Å². The molecule has 0 radical (unpaired) electrons. The van der Waals surface area contributed by atoms with Crippen LogP contribution >= 0.6 is 0 Å². The molecule has 2 aromatic rings. The molecule has 1 aromatic heterocycles. The number of nitrogens with zero attached hydrogens (tertiary/aromatic N) is 2. The monoisotopic (exact) mass is 274 g/mol.